The predicted molar refractivity (Wildman–Crippen MR) is 47.7 cm³/mol. The van der Waals surface area contributed by atoms with Crippen molar-refractivity contribution in [3.63, 3.8) is 0 Å². The van der Waals surface area contributed by atoms with Gasteiger partial charge < -0.3 is 5.11 Å². The molecule has 68 valence electrons. The second kappa shape index (κ2) is 3.05. The Kier molecular flexibility index (Phi) is 2.01. The Balaban J connectivity index is 2.73. The van der Waals surface area contributed by atoms with Gasteiger partial charge in [0.2, 0.25) is 5.13 Å². The van der Waals surface area contributed by atoms with E-state index in [0.717, 1.165) is 11.3 Å². The predicted octanol–water partition coefficient (Wildman–Crippen LogP) is 2.67. The Hall–Kier alpha value is -1.00. The summed E-state index contributed by atoms with van der Waals surface area (Å²) in [6.07, 6.45) is 0. The standard InChI is InChI=1S/C9H6F2OS/c10-8-6-2-1-5(4-12)3-7(6)13-9(8)11/h1-3,12H,4H2. The lowest BCUT2D eigenvalue weighted by molar-refractivity contribution is 0.282. The molecule has 0 bridgehead atoms. The van der Waals surface area contributed by atoms with Crippen molar-refractivity contribution >= 4 is 21.4 Å². The fourth-order valence-corrected chi connectivity index (χ4v) is 2.05. The third-order valence-electron chi connectivity index (χ3n) is 1.84. The Morgan fingerprint density at radius 1 is 1.31 bits per heavy atom. The number of halogens is 2. The van der Waals surface area contributed by atoms with E-state index in [1.54, 1.807) is 12.1 Å². The van der Waals surface area contributed by atoms with Crippen molar-refractivity contribution < 1.29 is 13.9 Å². The van der Waals surface area contributed by atoms with Crippen molar-refractivity contribution in [3.05, 3.63) is 34.7 Å². The highest BCUT2D eigenvalue weighted by Crippen LogP contribution is 2.29. The van der Waals surface area contributed by atoms with Crippen molar-refractivity contribution in [1.82, 2.24) is 0 Å². The summed E-state index contributed by atoms with van der Waals surface area (Å²) < 4.78 is 26.2. The van der Waals surface area contributed by atoms with E-state index in [0.29, 0.717) is 10.3 Å². The molecule has 4 heteroatoms. The molecule has 2 rings (SSSR count). The molecule has 0 radical (unpaired) electrons. The quantitative estimate of drug-likeness (QED) is 0.750. The number of fused-ring (bicyclic) bond motifs is 1. The fraction of sp³-hybridized carbons (Fsp3) is 0.111. The minimum atomic E-state index is -0.801. The summed E-state index contributed by atoms with van der Waals surface area (Å²) in [4.78, 5) is 0. The molecule has 0 aliphatic rings. The zero-order chi connectivity index (χ0) is 9.42. The van der Waals surface area contributed by atoms with E-state index in [2.05, 4.69) is 0 Å². The lowest BCUT2D eigenvalue weighted by atomic mass is 10.2. The Morgan fingerprint density at radius 2 is 2.08 bits per heavy atom. The van der Waals surface area contributed by atoms with Crippen LogP contribution in [0, 0.1) is 10.9 Å². The molecule has 2 aromatic rings. The third kappa shape index (κ3) is 1.32. The lowest BCUT2D eigenvalue weighted by Gasteiger charge is -1.94. The van der Waals surface area contributed by atoms with Crippen LogP contribution in [0.2, 0.25) is 0 Å². The zero-order valence-electron chi connectivity index (χ0n) is 6.55. The molecule has 0 fully saturated rings. The van der Waals surface area contributed by atoms with E-state index in [-0.39, 0.29) is 12.0 Å². The van der Waals surface area contributed by atoms with E-state index < -0.39 is 10.9 Å². The molecule has 13 heavy (non-hydrogen) atoms. The molecule has 0 saturated carbocycles. The number of rotatable bonds is 1. The number of benzene rings is 1. The summed E-state index contributed by atoms with van der Waals surface area (Å²) in [6.45, 7) is -0.114. The molecule has 1 nitrogen and oxygen atoms in total. The first-order chi connectivity index (χ1) is 6.22. The highest BCUT2D eigenvalue weighted by Gasteiger charge is 2.11. The van der Waals surface area contributed by atoms with E-state index >= 15 is 0 Å². The third-order valence-corrected chi connectivity index (χ3v) is 2.75. The van der Waals surface area contributed by atoms with Gasteiger partial charge in [-0.1, -0.05) is 12.1 Å². The van der Waals surface area contributed by atoms with Crippen LogP contribution in [0.1, 0.15) is 5.56 Å². The maximum Gasteiger partial charge on any atom is 0.213 e. The van der Waals surface area contributed by atoms with Gasteiger partial charge in [-0.25, -0.2) is 4.39 Å². The second-order valence-electron chi connectivity index (χ2n) is 2.68. The molecule has 0 saturated heterocycles. The Labute approximate surface area is 77.2 Å². The van der Waals surface area contributed by atoms with Crippen LogP contribution in [0.4, 0.5) is 8.78 Å². The molecule has 0 aliphatic heterocycles. The molecule has 0 unspecified atom stereocenters. The molecule has 1 heterocycles. The maximum absolute atomic E-state index is 13.0. The summed E-state index contributed by atoms with van der Waals surface area (Å²) in [5, 5.41) is 8.27. The van der Waals surface area contributed by atoms with Crippen LogP contribution in [-0.2, 0) is 6.61 Å². The molecule has 0 aliphatic carbocycles. The van der Waals surface area contributed by atoms with Gasteiger partial charge in [0.25, 0.3) is 0 Å². The topological polar surface area (TPSA) is 20.2 Å². The first-order valence-corrected chi connectivity index (χ1v) is 4.51. The molecule has 1 aromatic carbocycles. The van der Waals surface area contributed by atoms with Gasteiger partial charge in [-0.15, -0.1) is 11.3 Å². The number of hydrogen-bond donors (Lipinski definition) is 1. The monoisotopic (exact) mass is 200 g/mol. The minimum Gasteiger partial charge on any atom is -0.392 e. The number of aliphatic hydroxyl groups is 1. The van der Waals surface area contributed by atoms with Gasteiger partial charge in [-0.3, -0.25) is 0 Å². The maximum atomic E-state index is 13.0. The van der Waals surface area contributed by atoms with Gasteiger partial charge in [0.15, 0.2) is 5.82 Å². The highest BCUT2D eigenvalue weighted by molar-refractivity contribution is 7.17. The van der Waals surface area contributed by atoms with Gasteiger partial charge in [-0.2, -0.15) is 4.39 Å². The normalized spacial score (nSPS) is 11.0. The highest BCUT2D eigenvalue weighted by atomic mass is 32.1. The van der Waals surface area contributed by atoms with Crippen LogP contribution in [0.15, 0.2) is 18.2 Å². The van der Waals surface area contributed by atoms with E-state index in [4.69, 9.17) is 5.11 Å². The summed E-state index contributed by atoms with van der Waals surface area (Å²) in [7, 11) is 0. The van der Waals surface area contributed by atoms with Gasteiger partial charge >= 0.3 is 0 Å². The smallest absolute Gasteiger partial charge is 0.213 e. The minimum absolute atomic E-state index is 0.114. The summed E-state index contributed by atoms with van der Waals surface area (Å²) in [6, 6.07) is 4.65. The van der Waals surface area contributed by atoms with Gasteiger partial charge in [0.1, 0.15) is 0 Å². The molecule has 0 amide bonds. The van der Waals surface area contributed by atoms with Gasteiger partial charge in [0.05, 0.1) is 6.61 Å². The average Bonchev–Trinajstić information content (AvgIpc) is 2.42. The van der Waals surface area contributed by atoms with Crippen LogP contribution in [-0.4, -0.2) is 5.11 Å². The van der Waals surface area contributed by atoms with Crippen molar-refractivity contribution in [2.75, 3.05) is 0 Å². The van der Waals surface area contributed by atoms with Crippen molar-refractivity contribution in [3.8, 4) is 0 Å². The summed E-state index contributed by atoms with van der Waals surface area (Å²) >= 11 is 0.756. The van der Waals surface area contributed by atoms with Crippen LogP contribution in [0.3, 0.4) is 0 Å². The molecular weight excluding hydrogens is 194 g/mol. The first kappa shape index (κ1) is 8.59. The number of thiophene rings is 1. The molecule has 1 aromatic heterocycles. The lowest BCUT2D eigenvalue weighted by Crippen LogP contribution is -1.80. The molecule has 0 spiro atoms. The van der Waals surface area contributed by atoms with Gasteiger partial charge in [0, 0.05) is 10.1 Å². The molecule has 0 atom stereocenters. The molecular formula is C9H6F2OS. The number of hydrogen-bond acceptors (Lipinski definition) is 2. The average molecular weight is 200 g/mol. The van der Waals surface area contributed by atoms with Crippen molar-refractivity contribution in [2.24, 2.45) is 0 Å². The summed E-state index contributed by atoms with van der Waals surface area (Å²) in [5.74, 6) is -0.801. The van der Waals surface area contributed by atoms with Gasteiger partial charge in [-0.05, 0) is 11.6 Å². The fourth-order valence-electron chi connectivity index (χ4n) is 1.18. The molecule has 1 N–H and O–H groups in total. The van der Waals surface area contributed by atoms with E-state index in [1.165, 1.54) is 6.07 Å². The van der Waals surface area contributed by atoms with E-state index in [9.17, 15) is 8.78 Å². The first-order valence-electron chi connectivity index (χ1n) is 3.69. The van der Waals surface area contributed by atoms with Crippen LogP contribution < -0.4 is 0 Å². The van der Waals surface area contributed by atoms with Crippen LogP contribution in [0.5, 0.6) is 0 Å². The van der Waals surface area contributed by atoms with Crippen molar-refractivity contribution in [1.29, 1.82) is 0 Å². The SMILES string of the molecule is OCc1ccc2c(F)c(F)sc2c1. The van der Waals surface area contributed by atoms with Crippen LogP contribution >= 0.6 is 11.3 Å². The van der Waals surface area contributed by atoms with E-state index in [1.807, 2.05) is 0 Å². The zero-order valence-corrected chi connectivity index (χ0v) is 7.37. The van der Waals surface area contributed by atoms with Crippen molar-refractivity contribution in [2.45, 2.75) is 6.61 Å². The largest absolute Gasteiger partial charge is 0.392 e. The Morgan fingerprint density at radius 3 is 2.77 bits per heavy atom. The van der Waals surface area contributed by atoms with Crippen LogP contribution in [0.25, 0.3) is 10.1 Å². The summed E-state index contributed by atoms with van der Waals surface area (Å²) in [5.41, 5.74) is 0.661. The second-order valence-corrected chi connectivity index (χ2v) is 3.68. The number of aliphatic hydroxyl groups excluding tert-OH is 1. The Bertz CT molecular complexity index is 450.